The van der Waals surface area contributed by atoms with Crippen molar-refractivity contribution in [2.45, 2.75) is 31.7 Å². The van der Waals surface area contributed by atoms with Gasteiger partial charge in [-0.05, 0) is 32.0 Å². The molecule has 0 unspecified atom stereocenters. The molecule has 1 aromatic heterocycles. The van der Waals surface area contributed by atoms with Crippen LogP contribution in [0.4, 0.5) is 5.82 Å². The summed E-state index contributed by atoms with van der Waals surface area (Å²) in [6.45, 7) is 1.89. The zero-order valence-electron chi connectivity index (χ0n) is 12.4. The third kappa shape index (κ3) is 3.70. The number of hydrogen-bond acceptors (Lipinski definition) is 4. The topological polar surface area (TPSA) is 62.5 Å². The number of amides is 1. The van der Waals surface area contributed by atoms with Gasteiger partial charge < -0.3 is 15.5 Å². The van der Waals surface area contributed by atoms with E-state index in [1.807, 2.05) is 7.05 Å². The summed E-state index contributed by atoms with van der Waals surface area (Å²) in [5.74, 6) is 0.381. The third-order valence-electron chi connectivity index (χ3n) is 4.16. The van der Waals surface area contributed by atoms with Crippen LogP contribution in [0.2, 0.25) is 0 Å². The molecule has 0 aromatic carbocycles. The number of hydrogen-bond donors (Lipinski definition) is 1. The second kappa shape index (κ2) is 6.70. The quantitative estimate of drug-likeness (QED) is 0.855. The highest BCUT2D eigenvalue weighted by molar-refractivity contribution is 5.93. The first-order chi connectivity index (χ1) is 9.58. The molecular weight excluding hydrogens is 252 g/mol. The number of pyridine rings is 1. The van der Waals surface area contributed by atoms with Crippen molar-refractivity contribution >= 4 is 11.7 Å². The molecule has 1 aliphatic rings. The largest absolute Gasteiger partial charge is 0.366 e. The maximum absolute atomic E-state index is 11.2. The minimum Gasteiger partial charge on any atom is -0.366 e. The van der Waals surface area contributed by atoms with Crippen molar-refractivity contribution in [2.75, 3.05) is 32.1 Å². The van der Waals surface area contributed by atoms with Crippen LogP contribution in [0.15, 0.2) is 18.3 Å². The molecule has 0 atom stereocenters. The van der Waals surface area contributed by atoms with Gasteiger partial charge in [-0.3, -0.25) is 4.79 Å². The number of nitrogens with zero attached hydrogens (tertiary/aromatic N) is 3. The van der Waals surface area contributed by atoms with E-state index in [1.54, 1.807) is 18.3 Å². The Labute approximate surface area is 120 Å². The van der Waals surface area contributed by atoms with E-state index in [0.29, 0.717) is 5.56 Å². The van der Waals surface area contributed by atoms with Crippen molar-refractivity contribution in [1.29, 1.82) is 0 Å². The zero-order valence-corrected chi connectivity index (χ0v) is 12.4. The summed E-state index contributed by atoms with van der Waals surface area (Å²) in [7, 11) is 4.19. The molecule has 5 nitrogen and oxygen atoms in total. The van der Waals surface area contributed by atoms with Crippen LogP contribution in [0.1, 0.15) is 36.0 Å². The number of rotatable bonds is 6. The predicted molar refractivity (Wildman–Crippen MR) is 80.9 cm³/mol. The molecule has 5 heteroatoms. The Balaban J connectivity index is 1.89. The van der Waals surface area contributed by atoms with Crippen molar-refractivity contribution in [3.63, 3.8) is 0 Å². The number of likely N-dealkylation sites (N-methyl/N-ethyl adjacent to an activating group) is 2. The van der Waals surface area contributed by atoms with Gasteiger partial charge in [0.05, 0.1) is 0 Å². The minimum absolute atomic E-state index is 0.412. The summed E-state index contributed by atoms with van der Waals surface area (Å²) in [6, 6.07) is 4.12. The first kappa shape index (κ1) is 14.8. The molecular formula is C15H24N4O. The highest BCUT2D eigenvalue weighted by Crippen LogP contribution is 2.22. The zero-order chi connectivity index (χ0) is 14.5. The van der Waals surface area contributed by atoms with E-state index in [0.717, 1.165) is 24.9 Å². The van der Waals surface area contributed by atoms with Crippen LogP contribution in [-0.4, -0.2) is 49.0 Å². The number of carbonyl (C=O) groups is 1. The van der Waals surface area contributed by atoms with E-state index < -0.39 is 5.91 Å². The maximum atomic E-state index is 11.2. The lowest BCUT2D eigenvalue weighted by molar-refractivity contribution is 0.1000. The van der Waals surface area contributed by atoms with E-state index in [2.05, 4.69) is 21.8 Å². The standard InChI is InChI=1S/C15H24N4O/c1-18(13-5-3-4-6-13)9-10-19(2)14-11-12(15(16)20)7-8-17-14/h7-8,11,13H,3-6,9-10H2,1-2H3,(H2,16,20). The summed E-state index contributed by atoms with van der Waals surface area (Å²) in [5.41, 5.74) is 5.80. The molecule has 0 spiro atoms. The van der Waals surface area contributed by atoms with Crippen molar-refractivity contribution in [2.24, 2.45) is 5.73 Å². The first-order valence-corrected chi connectivity index (χ1v) is 7.25. The lowest BCUT2D eigenvalue weighted by Crippen LogP contribution is -2.36. The average Bonchev–Trinajstić information content (AvgIpc) is 2.98. The molecule has 20 heavy (non-hydrogen) atoms. The smallest absolute Gasteiger partial charge is 0.248 e. The predicted octanol–water partition coefficient (Wildman–Crippen LogP) is 1.49. The molecule has 1 aromatic rings. The summed E-state index contributed by atoms with van der Waals surface area (Å²) < 4.78 is 0. The van der Waals surface area contributed by atoms with Gasteiger partial charge in [0, 0.05) is 37.9 Å². The second-order valence-corrected chi connectivity index (χ2v) is 5.61. The number of anilines is 1. The van der Waals surface area contributed by atoms with Crippen LogP contribution in [0.5, 0.6) is 0 Å². The van der Waals surface area contributed by atoms with Crippen LogP contribution in [0.3, 0.4) is 0 Å². The van der Waals surface area contributed by atoms with Crippen LogP contribution in [-0.2, 0) is 0 Å². The van der Waals surface area contributed by atoms with Crippen molar-refractivity contribution in [1.82, 2.24) is 9.88 Å². The fourth-order valence-corrected chi connectivity index (χ4v) is 2.73. The van der Waals surface area contributed by atoms with Gasteiger partial charge in [-0.2, -0.15) is 0 Å². The molecule has 2 rings (SSSR count). The van der Waals surface area contributed by atoms with Crippen molar-refractivity contribution in [3.05, 3.63) is 23.9 Å². The highest BCUT2D eigenvalue weighted by Gasteiger charge is 2.19. The molecule has 0 radical (unpaired) electrons. The Kier molecular flexibility index (Phi) is 4.95. The van der Waals surface area contributed by atoms with Gasteiger partial charge in [0.2, 0.25) is 5.91 Å². The molecule has 1 heterocycles. The Morgan fingerprint density at radius 2 is 2.05 bits per heavy atom. The molecule has 0 saturated heterocycles. The molecule has 0 bridgehead atoms. The summed E-state index contributed by atoms with van der Waals surface area (Å²) in [5, 5.41) is 0. The Morgan fingerprint density at radius 3 is 2.70 bits per heavy atom. The summed E-state index contributed by atoms with van der Waals surface area (Å²) >= 11 is 0. The maximum Gasteiger partial charge on any atom is 0.248 e. The van der Waals surface area contributed by atoms with Crippen molar-refractivity contribution in [3.8, 4) is 0 Å². The summed E-state index contributed by atoms with van der Waals surface area (Å²) in [6.07, 6.45) is 6.97. The molecule has 1 fully saturated rings. The SMILES string of the molecule is CN(CCN(C)C1CCCC1)c1cc(C(N)=O)ccn1. The van der Waals surface area contributed by atoms with Crippen LogP contribution < -0.4 is 10.6 Å². The number of nitrogens with two attached hydrogens (primary N) is 1. The van der Waals surface area contributed by atoms with Gasteiger partial charge in [-0.1, -0.05) is 12.8 Å². The monoisotopic (exact) mass is 276 g/mol. The Bertz CT molecular complexity index is 457. The lowest BCUT2D eigenvalue weighted by Gasteiger charge is -2.27. The Morgan fingerprint density at radius 1 is 1.35 bits per heavy atom. The van der Waals surface area contributed by atoms with Gasteiger partial charge in [-0.15, -0.1) is 0 Å². The minimum atomic E-state index is -0.412. The number of aromatic nitrogens is 1. The number of primary amides is 1. The molecule has 2 N–H and O–H groups in total. The van der Waals surface area contributed by atoms with Gasteiger partial charge in [0.25, 0.3) is 0 Å². The van der Waals surface area contributed by atoms with Gasteiger partial charge >= 0.3 is 0 Å². The molecule has 0 aliphatic heterocycles. The van der Waals surface area contributed by atoms with Gasteiger partial charge in [0.1, 0.15) is 5.82 Å². The summed E-state index contributed by atoms with van der Waals surface area (Å²) in [4.78, 5) is 20.0. The number of carbonyl (C=O) groups excluding carboxylic acids is 1. The molecule has 1 saturated carbocycles. The third-order valence-corrected chi connectivity index (χ3v) is 4.16. The van der Waals surface area contributed by atoms with Crippen LogP contribution in [0, 0.1) is 0 Å². The normalized spacial score (nSPS) is 15.8. The second-order valence-electron chi connectivity index (χ2n) is 5.61. The van der Waals surface area contributed by atoms with Crippen LogP contribution in [0.25, 0.3) is 0 Å². The van der Waals surface area contributed by atoms with Gasteiger partial charge in [-0.25, -0.2) is 4.98 Å². The molecule has 110 valence electrons. The Hall–Kier alpha value is -1.62. The fourth-order valence-electron chi connectivity index (χ4n) is 2.73. The van der Waals surface area contributed by atoms with E-state index in [1.165, 1.54) is 25.7 Å². The molecule has 1 aliphatic carbocycles. The van der Waals surface area contributed by atoms with E-state index in [9.17, 15) is 4.79 Å². The van der Waals surface area contributed by atoms with E-state index >= 15 is 0 Å². The first-order valence-electron chi connectivity index (χ1n) is 7.25. The van der Waals surface area contributed by atoms with E-state index in [4.69, 9.17) is 5.73 Å². The lowest BCUT2D eigenvalue weighted by atomic mass is 10.2. The average molecular weight is 276 g/mol. The highest BCUT2D eigenvalue weighted by atomic mass is 16.1. The van der Waals surface area contributed by atoms with Gasteiger partial charge in [0.15, 0.2) is 0 Å². The van der Waals surface area contributed by atoms with Crippen LogP contribution >= 0.6 is 0 Å². The fraction of sp³-hybridized carbons (Fsp3) is 0.600. The van der Waals surface area contributed by atoms with E-state index in [-0.39, 0.29) is 0 Å². The molecule has 1 amide bonds. The van der Waals surface area contributed by atoms with Crippen molar-refractivity contribution < 1.29 is 4.79 Å².